The van der Waals surface area contributed by atoms with Crippen molar-refractivity contribution in [3.63, 3.8) is 0 Å². The average molecular weight is 229 g/mol. The fourth-order valence-electron chi connectivity index (χ4n) is 2.17. The molecule has 0 bridgehead atoms. The first kappa shape index (κ1) is 13.5. The van der Waals surface area contributed by atoms with Crippen molar-refractivity contribution in [1.29, 1.82) is 0 Å². The van der Waals surface area contributed by atoms with Crippen molar-refractivity contribution in [2.24, 2.45) is 0 Å². The van der Waals surface area contributed by atoms with Crippen molar-refractivity contribution in [1.82, 2.24) is 5.32 Å². The van der Waals surface area contributed by atoms with E-state index in [0.717, 1.165) is 12.8 Å². The van der Waals surface area contributed by atoms with E-state index in [1.54, 1.807) is 7.11 Å². The molecule has 0 aliphatic heterocycles. The second-order valence-corrected chi connectivity index (χ2v) is 5.21. The highest BCUT2D eigenvalue weighted by atomic mass is 16.5. The lowest BCUT2D eigenvalue weighted by molar-refractivity contribution is -0.141. The van der Waals surface area contributed by atoms with Gasteiger partial charge >= 0.3 is 5.97 Å². The maximum atomic E-state index is 11.2. The van der Waals surface area contributed by atoms with Crippen LogP contribution in [-0.2, 0) is 9.53 Å². The summed E-state index contributed by atoms with van der Waals surface area (Å²) >= 11 is 0. The van der Waals surface area contributed by atoms with Gasteiger partial charge in [0, 0.05) is 19.6 Å². The lowest BCUT2D eigenvalue weighted by Crippen LogP contribution is -2.46. The van der Waals surface area contributed by atoms with Crippen molar-refractivity contribution in [2.75, 3.05) is 7.11 Å². The molecule has 1 rings (SSSR count). The number of aliphatic carboxylic acids is 1. The average Bonchev–Trinajstić information content (AvgIpc) is 2.69. The maximum Gasteiger partial charge on any atom is 0.320 e. The minimum Gasteiger partial charge on any atom is -0.480 e. The molecular weight excluding hydrogens is 206 g/mol. The van der Waals surface area contributed by atoms with E-state index in [-0.39, 0.29) is 0 Å². The molecule has 0 radical (unpaired) electrons. The third-order valence-corrected chi connectivity index (χ3v) is 3.34. The molecule has 2 N–H and O–H groups in total. The quantitative estimate of drug-likeness (QED) is 0.729. The van der Waals surface area contributed by atoms with Crippen LogP contribution in [0, 0.1) is 0 Å². The predicted octanol–water partition coefficient (Wildman–Crippen LogP) is 1.79. The van der Waals surface area contributed by atoms with Gasteiger partial charge in [-0.25, -0.2) is 0 Å². The fourth-order valence-corrected chi connectivity index (χ4v) is 2.17. The van der Waals surface area contributed by atoms with Crippen LogP contribution in [0.25, 0.3) is 0 Å². The molecule has 4 heteroatoms. The number of ether oxygens (including phenoxy) is 1. The molecule has 1 aliphatic rings. The highest BCUT2D eigenvalue weighted by molar-refractivity contribution is 5.73. The molecule has 1 saturated carbocycles. The normalized spacial score (nSPS) is 19.9. The molecule has 1 fully saturated rings. The van der Waals surface area contributed by atoms with Gasteiger partial charge in [0.1, 0.15) is 6.04 Å². The lowest BCUT2D eigenvalue weighted by Gasteiger charge is -2.28. The van der Waals surface area contributed by atoms with Gasteiger partial charge in [0.25, 0.3) is 0 Å². The van der Waals surface area contributed by atoms with E-state index in [4.69, 9.17) is 4.74 Å². The number of rotatable bonds is 6. The standard InChI is InChI=1S/C12H23NO3/c1-12(2,16-3)8-10(11(14)15)13-9-6-4-5-7-9/h9-10,13H,4-8H2,1-3H3,(H,14,15). The first-order valence-electron chi connectivity index (χ1n) is 5.98. The summed E-state index contributed by atoms with van der Waals surface area (Å²) in [6.07, 6.45) is 5.10. The Morgan fingerprint density at radius 3 is 2.50 bits per heavy atom. The van der Waals surface area contributed by atoms with Crippen LogP contribution < -0.4 is 5.32 Å². The molecule has 0 heterocycles. The van der Waals surface area contributed by atoms with Crippen molar-refractivity contribution in [2.45, 2.75) is 63.6 Å². The number of hydrogen-bond donors (Lipinski definition) is 2. The van der Waals surface area contributed by atoms with Crippen molar-refractivity contribution >= 4 is 5.97 Å². The summed E-state index contributed by atoms with van der Waals surface area (Å²) < 4.78 is 5.28. The number of carboxylic acids is 1. The first-order valence-corrected chi connectivity index (χ1v) is 5.98. The Morgan fingerprint density at radius 1 is 1.50 bits per heavy atom. The van der Waals surface area contributed by atoms with Gasteiger partial charge in [0.05, 0.1) is 5.60 Å². The monoisotopic (exact) mass is 229 g/mol. The molecule has 0 aromatic rings. The zero-order valence-corrected chi connectivity index (χ0v) is 10.5. The van der Waals surface area contributed by atoms with Crippen molar-refractivity contribution in [3.05, 3.63) is 0 Å². The molecule has 16 heavy (non-hydrogen) atoms. The predicted molar refractivity (Wildman–Crippen MR) is 62.5 cm³/mol. The van der Waals surface area contributed by atoms with E-state index in [1.807, 2.05) is 13.8 Å². The van der Waals surface area contributed by atoms with Crippen LogP contribution in [0.3, 0.4) is 0 Å². The van der Waals surface area contributed by atoms with Gasteiger partial charge in [-0.1, -0.05) is 12.8 Å². The van der Waals surface area contributed by atoms with Gasteiger partial charge in [-0.3, -0.25) is 4.79 Å². The van der Waals surface area contributed by atoms with Crippen LogP contribution in [0.1, 0.15) is 46.0 Å². The van der Waals surface area contributed by atoms with Crippen LogP contribution >= 0.6 is 0 Å². The third kappa shape index (κ3) is 4.10. The van der Waals surface area contributed by atoms with Gasteiger partial charge in [-0.15, -0.1) is 0 Å². The number of carbonyl (C=O) groups is 1. The summed E-state index contributed by atoms with van der Waals surface area (Å²) in [4.78, 5) is 11.2. The minimum atomic E-state index is -0.781. The Kier molecular flexibility index (Phi) is 4.74. The number of carboxylic acid groups (broad SMARTS) is 1. The Labute approximate surface area is 97.4 Å². The van der Waals surface area contributed by atoms with Gasteiger partial charge in [-0.2, -0.15) is 0 Å². The van der Waals surface area contributed by atoms with Crippen LogP contribution in [-0.4, -0.2) is 35.9 Å². The SMILES string of the molecule is COC(C)(C)CC(NC1CCCC1)C(=O)O. The fraction of sp³-hybridized carbons (Fsp3) is 0.917. The van der Waals surface area contributed by atoms with E-state index < -0.39 is 17.6 Å². The second kappa shape index (κ2) is 5.64. The molecule has 0 amide bonds. The third-order valence-electron chi connectivity index (χ3n) is 3.34. The number of nitrogens with one attached hydrogen (secondary N) is 1. The molecule has 0 spiro atoms. The van der Waals surface area contributed by atoms with Crippen molar-refractivity contribution in [3.8, 4) is 0 Å². The Hall–Kier alpha value is -0.610. The summed E-state index contributed by atoms with van der Waals surface area (Å²) in [6, 6.07) is -0.133. The summed E-state index contributed by atoms with van der Waals surface area (Å²) in [6.45, 7) is 3.83. The molecule has 94 valence electrons. The Bertz CT molecular complexity index is 234. The lowest BCUT2D eigenvalue weighted by atomic mass is 9.98. The molecule has 0 aromatic heterocycles. The van der Waals surface area contributed by atoms with E-state index in [2.05, 4.69) is 5.32 Å². The Balaban J connectivity index is 2.50. The summed E-state index contributed by atoms with van der Waals surface area (Å²) in [5, 5.41) is 12.4. The molecule has 0 aromatic carbocycles. The van der Waals surface area contributed by atoms with Crippen LogP contribution in [0.4, 0.5) is 0 Å². The van der Waals surface area contributed by atoms with E-state index in [1.165, 1.54) is 12.8 Å². The number of methoxy groups -OCH3 is 1. The topological polar surface area (TPSA) is 58.6 Å². The first-order chi connectivity index (χ1) is 7.44. The van der Waals surface area contributed by atoms with E-state index in [0.29, 0.717) is 12.5 Å². The van der Waals surface area contributed by atoms with Crippen LogP contribution in [0.5, 0.6) is 0 Å². The molecule has 0 saturated heterocycles. The molecule has 1 aliphatic carbocycles. The van der Waals surface area contributed by atoms with Gasteiger partial charge in [-0.05, 0) is 26.7 Å². The maximum absolute atomic E-state index is 11.2. The molecule has 1 unspecified atom stereocenters. The highest BCUT2D eigenvalue weighted by Crippen LogP contribution is 2.21. The summed E-state index contributed by atoms with van der Waals surface area (Å²) in [7, 11) is 1.62. The smallest absolute Gasteiger partial charge is 0.320 e. The zero-order chi connectivity index (χ0) is 12.2. The molecular formula is C12H23NO3. The summed E-state index contributed by atoms with van der Waals surface area (Å²) in [5.41, 5.74) is -0.394. The van der Waals surface area contributed by atoms with E-state index in [9.17, 15) is 9.90 Å². The minimum absolute atomic E-state index is 0.369. The van der Waals surface area contributed by atoms with Crippen LogP contribution in [0.15, 0.2) is 0 Å². The van der Waals surface area contributed by atoms with Crippen LogP contribution in [0.2, 0.25) is 0 Å². The zero-order valence-electron chi connectivity index (χ0n) is 10.5. The highest BCUT2D eigenvalue weighted by Gasteiger charge is 2.30. The largest absolute Gasteiger partial charge is 0.480 e. The number of hydrogen-bond acceptors (Lipinski definition) is 3. The van der Waals surface area contributed by atoms with Gasteiger partial charge in [0.15, 0.2) is 0 Å². The Morgan fingerprint density at radius 2 is 2.06 bits per heavy atom. The van der Waals surface area contributed by atoms with Gasteiger partial charge in [0.2, 0.25) is 0 Å². The molecule has 1 atom stereocenters. The second-order valence-electron chi connectivity index (χ2n) is 5.21. The van der Waals surface area contributed by atoms with E-state index >= 15 is 0 Å². The van der Waals surface area contributed by atoms with Crippen molar-refractivity contribution < 1.29 is 14.6 Å². The molecule has 4 nitrogen and oxygen atoms in total. The summed E-state index contributed by atoms with van der Waals surface area (Å²) in [5.74, 6) is -0.781. The van der Waals surface area contributed by atoms with Gasteiger partial charge < -0.3 is 15.2 Å².